The van der Waals surface area contributed by atoms with Gasteiger partial charge in [-0.05, 0) is 61.4 Å². The Bertz CT molecular complexity index is 957. The molecule has 6 nitrogen and oxygen atoms in total. The van der Waals surface area contributed by atoms with Gasteiger partial charge in [-0.2, -0.15) is 0 Å². The van der Waals surface area contributed by atoms with Crippen molar-refractivity contribution in [3.8, 4) is 11.5 Å². The van der Waals surface area contributed by atoms with E-state index in [9.17, 15) is 4.79 Å². The van der Waals surface area contributed by atoms with Crippen LogP contribution in [-0.2, 0) is 4.79 Å². The highest BCUT2D eigenvalue weighted by Gasteiger charge is 2.17. The molecule has 4 rings (SSSR count). The monoisotopic (exact) mass is 490 g/mol. The summed E-state index contributed by atoms with van der Waals surface area (Å²) in [6.07, 6.45) is 2.41. The zero-order chi connectivity index (χ0) is 20.1. The van der Waals surface area contributed by atoms with Gasteiger partial charge in [0.2, 0.25) is 11.0 Å². The highest BCUT2D eigenvalue weighted by atomic mass is 79.9. The Kier molecular flexibility index (Phi) is 6.68. The fraction of sp³-hybridized carbons (Fsp3) is 0.250. The van der Waals surface area contributed by atoms with Crippen LogP contribution in [0.4, 0.5) is 10.8 Å². The molecule has 0 aliphatic carbocycles. The summed E-state index contributed by atoms with van der Waals surface area (Å²) in [5.74, 6) is 1.69. The third-order valence-corrected chi connectivity index (χ3v) is 6.93. The molecule has 0 saturated carbocycles. The van der Waals surface area contributed by atoms with Crippen molar-refractivity contribution in [3.63, 3.8) is 0 Å². The van der Waals surface area contributed by atoms with Gasteiger partial charge in [-0.1, -0.05) is 39.0 Å². The second-order valence-electron chi connectivity index (χ2n) is 6.46. The highest BCUT2D eigenvalue weighted by molar-refractivity contribution is 9.10. The summed E-state index contributed by atoms with van der Waals surface area (Å²) in [4.78, 5) is 14.5. The maximum absolute atomic E-state index is 12.2. The molecule has 0 unspecified atom stereocenters. The number of ether oxygens (including phenoxy) is 1. The molecule has 2 aromatic carbocycles. The summed E-state index contributed by atoms with van der Waals surface area (Å²) in [6.45, 7) is 2.09. The van der Waals surface area contributed by atoms with E-state index in [1.165, 1.54) is 24.6 Å². The number of rotatable bonds is 7. The summed E-state index contributed by atoms with van der Waals surface area (Å²) in [6, 6.07) is 14.9. The number of nitrogens with zero attached hydrogens (tertiary/aromatic N) is 3. The van der Waals surface area contributed by atoms with Gasteiger partial charge in [0.05, 0.1) is 5.75 Å². The number of carbonyl (C=O) groups excluding carboxylic acids is 1. The number of amides is 1. The number of nitrogens with one attached hydrogen (secondary N) is 1. The van der Waals surface area contributed by atoms with Gasteiger partial charge in [-0.15, -0.1) is 10.2 Å². The van der Waals surface area contributed by atoms with E-state index in [-0.39, 0.29) is 5.91 Å². The summed E-state index contributed by atoms with van der Waals surface area (Å²) < 4.78 is 7.61. The average molecular weight is 491 g/mol. The molecule has 2 heterocycles. The van der Waals surface area contributed by atoms with Crippen LogP contribution in [0.5, 0.6) is 11.5 Å². The molecule has 9 heteroatoms. The van der Waals surface area contributed by atoms with Crippen molar-refractivity contribution < 1.29 is 9.53 Å². The van der Waals surface area contributed by atoms with E-state index in [4.69, 9.17) is 4.74 Å². The molecule has 1 aromatic heterocycles. The van der Waals surface area contributed by atoms with Gasteiger partial charge in [0.25, 0.3) is 0 Å². The molecule has 1 saturated heterocycles. The molecule has 0 atom stereocenters. The van der Waals surface area contributed by atoms with E-state index in [1.54, 1.807) is 11.3 Å². The number of thioether (sulfide) groups is 1. The van der Waals surface area contributed by atoms with Crippen LogP contribution in [0.3, 0.4) is 0 Å². The first-order chi connectivity index (χ1) is 14.2. The number of hydrogen-bond donors (Lipinski definition) is 1. The third kappa shape index (κ3) is 5.71. The Morgan fingerprint density at radius 3 is 2.41 bits per heavy atom. The topological polar surface area (TPSA) is 67.4 Å². The first kappa shape index (κ1) is 20.2. The lowest BCUT2D eigenvalue weighted by Crippen LogP contribution is -2.17. The maximum Gasteiger partial charge on any atom is 0.234 e. The van der Waals surface area contributed by atoms with Gasteiger partial charge in [0, 0.05) is 23.2 Å². The second kappa shape index (κ2) is 9.60. The van der Waals surface area contributed by atoms with Crippen LogP contribution in [0.25, 0.3) is 0 Å². The molecule has 1 aliphatic rings. The van der Waals surface area contributed by atoms with E-state index in [2.05, 4.69) is 36.3 Å². The molecule has 29 heavy (non-hydrogen) atoms. The van der Waals surface area contributed by atoms with E-state index in [0.717, 1.165) is 38.5 Å². The molecule has 0 bridgehead atoms. The van der Waals surface area contributed by atoms with Crippen LogP contribution in [0, 0.1) is 0 Å². The van der Waals surface area contributed by atoms with E-state index in [0.29, 0.717) is 11.5 Å². The minimum Gasteiger partial charge on any atom is -0.457 e. The van der Waals surface area contributed by atoms with Crippen LogP contribution < -0.4 is 15.0 Å². The Hall–Kier alpha value is -2.10. The van der Waals surface area contributed by atoms with Gasteiger partial charge in [-0.25, -0.2) is 0 Å². The van der Waals surface area contributed by atoms with Gasteiger partial charge in [0.1, 0.15) is 11.5 Å². The predicted molar refractivity (Wildman–Crippen MR) is 121 cm³/mol. The summed E-state index contributed by atoms with van der Waals surface area (Å²) in [7, 11) is 0. The van der Waals surface area contributed by atoms with E-state index < -0.39 is 0 Å². The van der Waals surface area contributed by atoms with Crippen LogP contribution in [0.1, 0.15) is 12.8 Å². The summed E-state index contributed by atoms with van der Waals surface area (Å²) >= 11 is 6.36. The third-order valence-electron chi connectivity index (χ3n) is 4.29. The largest absolute Gasteiger partial charge is 0.457 e. The van der Waals surface area contributed by atoms with Crippen molar-refractivity contribution in [2.45, 2.75) is 17.2 Å². The lowest BCUT2D eigenvalue weighted by atomic mass is 10.3. The van der Waals surface area contributed by atoms with Crippen LogP contribution >= 0.6 is 39.0 Å². The lowest BCUT2D eigenvalue weighted by Gasteiger charge is -2.10. The minimum atomic E-state index is -0.0745. The van der Waals surface area contributed by atoms with Crippen molar-refractivity contribution >= 4 is 55.8 Å². The Morgan fingerprint density at radius 2 is 1.72 bits per heavy atom. The van der Waals surface area contributed by atoms with Crippen LogP contribution in [0.15, 0.2) is 57.3 Å². The predicted octanol–water partition coefficient (Wildman–Crippen LogP) is 5.42. The highest BCUT2D eigenvalue weighted by Crippen LogP contribution is 2.30. The molecule has 1 N–H and O–H groups in total. The second-order valence-corrected chi connectivity index (χ2v) is 9.56. The number of carbonyl (C=O) groups is 1. The van der Waals surface area contributed by atoms with Crippen LogP contribution in [-0.4, -0.2) is 34.9 Å². The molecule has 0 radical (unpaired) electrons. The van der Waals surface area contributed by atoms with Crippen molar-refractivity contribution in [2.24, 2.45) is 0 Å². The molecule has 1 aliphatic heterocycles. The fourth-order valence-electron chi connectivity index (χ4n) is 2.87. The summed E-state index contributed by atoms with van der Waals surface area (Å²) in [5.41, 5.74) is 0.730. The van der Waals surface area contributed by atoms with Crippen molar-refractivity contribution in [1.29, 1.82) is 0 Å². The molecule has 1 amide bonds. The molecule has 0 spiro atoms. The van der Waals surface area contributed by atoms with Crippen LogP contribution in [0.2, 0.25) is 0 Å². The standard InChI is InChI=1S/C20H19BrN4O2S2/c21-14-3-7-16(8-4-14)27-17-9-5-15(6-10-17)22-18(26)13-28-20-24-23-19(29-20)25-11-1-2-12-25/h3-10H,1-2,11-13H2,(H,22,26). The maximum atomic E-state index is 12.2. The molecule has 3 aromatic rings. The van der Waals surface area contributed by atoms with Gasteiger partial charge < -0.3 is 15.0 Å². The lowest BCUT2D eigenvalue weighted by molar-refractivity contribution is -0.113. The van der Waals surface area contributed by atoms with Gasteiger partial charge >= 0.3 is 0 Å². The number of anilines is 2. The molecular formula is C20H19BrN4O2S2. The SMILES string of the molecule is O=C(CSc1nnc(N2CCCC2)s1)Nc1ccc(Oc2ccc(Br)cc2)cc1. The normalized spacial score (nSPS) is 13.5. The number of aromatic nitrogens is 2. The minimum absolute atomic E-state index is 0.0745. The Morgan fingerprint density at radius 1 is 1.07 bits per heavy atom. The first-order valence-corrected chi connectivity index (χ1v) is 11.8. The fourth-order valence-corrected chi connectivity index (χ4v) is 4.82. The molecule has 150 valence electrons. The number of halogens is 1. The van der Waals surface area contributed by atoms with Crippen molar-refractivity contribution in [2.75, 3.05) is 29.1 Å². The molecule has 1 fully saturated rings. The summed E-state index contributed by atoms with van der Waals surface area (Å²) in [5, 5.41) is 12.3. The average Bonchev–Trinajstić information content (AvgIpc) is 3.41. The smallest absolute Gasteiger partial charge is 0.234 e. The Balaban J connectivity index is 1.25. The van der Waals surface area contributed by atoms with Gasteiger partial charge in [-0.3, -0.25) is 4.79 Å². The molecular weight excluding hydrogens is 472 g/mol. The van der Waals surface area contributed by atoms with E-state index in [1.807, 2.05) is 48.5 Å². The number of benzene rings is 2. The quantitative estimate of drug-likeness (QED) is 0.445. The van der Waals surface area contributed by atoms with E-state index >= 15 is 0 Å². The Labute approximate surface area is 185 Å². The van der Waals surface area contributed by atoms with Crippen molar-refractivity contribution in [1.82, 2.24) is 10.2 Å². The zero-order valence-corrected chi connectivity index (χ0v) is 18.7. The van der Waals surface area contributed by atoms with Gasteiger partial charge in [0.15, 0.2) is 4.34 Å². The first-order valence-electron chi connectivity index (χ1n) is 9.20. The number of hydrogen-bond acceptors (Lipinski definition) is 7. The van der Waals surface area contributed by atoms with Crippen molar-refractivity contribution in [3.05, 3.63) is 53.0 Å². The zero-order valence-electron chi connectivity index (χ0n) is 15.5.